The van der Waals surface area contributed by atoms with E-state index in [1.165, 1.54) is 6.07 Å². The first-order valence-electron chi connectivity index (χ1n) is 4.65. The van der Waals surface area contributed by atoms with Crippen molar-refractivity contribution in [3.05, 3.63) is 28.3 Å². The number of non-ortho nitro benzene ring substituents is 1. The van der Waals surface area contributed by atoms with Crippen molar-refractivity contribution in [1.29, 1.82) is 0 Å². The summed E-state index contributed by atoms with van der Waals surface area (Å²) in [6, 6.07) is 3.13. The maximum atomic E-state index is 11.3. The Morgan fingerprint density at radius 3 is 2.67 bits per heavy atom. The number of rotatable bonds is 5. The molecule has 1 aromatic carbocycles. The Morgan fingerprint density at radius 2 is 2.17 bits per heavy atom. The molecule has 0 heterocycles. The molecule has 1 aromatic rings. The summed E-state index contributed by atoms with van der Waals surface area (Å²) in [4.78, 5) is 9.38. The van der Waals surface area contributed by atoms with Gasteiger partial charge in [-0.05, 0) is 6.07 Å². The molecule has 1 rings (SSSR count). The minimum absolute atomic E-state index is 0.0640. The lowest BCUT2D eigenvalue weighted by molar-refractivity contribution is -0.385. The molecule has 0 aliphatic rings. The Bertz CT molecular complexity index is 605. The molecule has 0 fully saturated rings. The number of hydrogen-bond donors (Lipinski definition) is 0. The number of hydrogen-bond acceptors (Lipinski definition) is 5. The van der Waals surface area contributed by atoms with E-state index >= 15 is 0 Å². The quantitative estimate of drug-likeness (QED) is 0.272. The van der Waals surface area contributed by atoms with E-state index < -0.39 is 24.6 Å². The molecule has 0 saturated heterocycles. The molecular weight excluding hydrogens is 282 g/mol. The van der Waals surface area contributed by atoms with Crippen LogP contribution in [0.4, 0.5) is 5.69 Å². The summed E-state index contributed by atoms with van der Waals surface area (Å²) in [6.45, 7) is 0.0910. The highest BCUT2D eigenvalue weighted by atomic mass is 35.7. The van der Waals surface area contributed by atoms with E-state index in [4.69, 9.17) is 21.8 Å². The first-order valence-corrected chi connectivity index (χ1v) is 6.96. The van der Waals surface area contributed by atoms with Gasteiger partial charge >= 0.3 is 0 Å². The van der Waals surface area contributed by atoms with Crippen LogP contribution in [0.1, 0.15) is 6.42 Å². The Balaban J connectivity index is 3.19. The van der Waals surface area contributed by atoms with Gasteiger partial charge in [0, 0.05) is 29.2 Å². The van der Waals surface area contributed by atoms with Gasteiger partial charge in [0.25, 0.3) is 14.7 Å². The Hall–Kier alpha value is -1.78. The van der Waals surface area contributed by atoms with Crippen molar-refractivity contribution in [3.8, 4) is 18.1 Å². The fraction of sp³-hybridized carbons (Fsp3) is 0.200. The standard InChI is InChI=1S/C10H8ClNO5S/c1-2-3-6-17-9-5-4-8(12(13)14)7-10(9)18(11,15)16/h1,4-5,7H,3,6H2. The summed E-state index contributed by atoms with van der Waals surface area (Å²) < 4.78 is 27.7. The van der Waals surface area contributed by atoms with Crippen molar-refractivity contribution in [1.82, 2.24) is 0 Å². The molecule has 96 valence electrons. The minimum atomic E-state index is -4.14. The molecule has 0 N–H and O–H groups in total. The van der Waals surface area contributed by atoms with Crippen LogP contribution in [0.5, 0.6) is 5.75 Å². The van der Waals surface area contributed by atoms with Crippen molar-refractivity contribution in [3.63, 3.8) is 0 Å². The number of nitro groups is 1. The summed E-state index contributed by atoms with van der Waals surface area (Å²) in [5.74, 6) is 2.25. The first kappa shape index (κ1) is 14.3. The predicted molar refractivity (Wildman–Crippen MR) is 65.1 cm³/mol. The van der Waals surface area contributed by atoms with Crippen LogP contribution in [0.15, 0.2) is 23.1 Å². The molecule has 0 aliphatic heterocycles. The van der Waals surface area contributed by atoms with Crippen molar-refractivity contribution in [2.45, 2.75) is 11.3 Å². The van der Waals surface area contributed by atoms with Crippen molar-refractivity contribution < 1.29 is 18.1 Å². The Morgan fingerprint density at radius 1 is 1.50 bits per heavy atom. The maximum Gasteiger partial charge on any atom is 0.271 e. The number of ether oxygens (including phenoxy) is 1. The molecule has 0 atom stereocenters. The fourth-order valence-corrected chi connectivity index (χ4v) is 2.13. The van der Waals surface area contributed by atoms with Gasteiger partial charge in [-0.1, -0.05) is 0 Å². The highest BCUT2D eigenvalue weighted by Crippen LogP contribution is 2.30. The van der Waals surface area contributed by atoms with Gasteiger partial charge in [-0.15, -0.1) is 12.3 Å². The first-order chi connectivity index (χ1) is 8.36. The summed E-state index contributed by atoms with van der Waals surface area (Å²) in [5.41, 5.74) is -0.390. The van der Waals surface area contributed by atoms with Gasteiger partial charge in [0.2, 0.25) is 0 Å². The lowest BCUT2D eigenvalue weighted by Crippen LogP contribution is -2.02. The zero-order valence-corrected chi connectivity index (χ0v) is 10.6. The molecule has 6 nitrogen and oxygen atoms in total. The Labute approximate surface area is 108 Å². The zero-order valence-electron chi connectivity index (χ0n) is 9.00. The van der Waals surface area contributed by atoms with Gasteiger partial charge in [0.05, 0.1) is 11.5 Å². The van der Waals surface area contributed by atoms with Crippen LogP contribution in [-0.4, -0.2) is 19.9 Å². The van der Waals surface area contributed by atoms with Crippen LogP contribution in [0.25, 0.3) is 0 Å². The lowest BCUT2D eigenvalue weighted by Gasteiger charge is -2.07. The lowest BCUT2D eigenvalue weighted by atomic mass is 10.3. The molecule has 0 radical (unpaired) electrons. The van der Waals surface area contributed by atoms with Crippen molar-refractivity contribution >= 4 is 25.4 Å². The maximum absolute atomic E-state index is 11.3. The SMILES string of the molecule is C#CCCOc1ccc([N+](=O)[O-])cc1S(=O)(=O)Cl. The average Bonchev–Trinajstić information content (AvgIpc) is 2.28. The molecule has 0 amide bonds. The third-order valence-electron chi connectivity index (χ3n) is 1.90. The molecular formula is C10H8ClNO5S. The van der Waals surface area contributed by atoms with E-state index in [9.17, 15) is 18.5 Å². The number of benzene rings is 1. The van der Waals surface area contributed by atoms with Gasteiger partial charge in [0.1, 0.15) is 10.6 Å². The minimum Gasteiger partial charge on any atom is -0.491 e. The van der Waals surface area contributed by atoms with Crippen molar-refractivity contribution in [2.24, 2.45) is 0 Å². The van der Waals surface area contributed by atoms with Crippen molar-refractivity contribution in [2.75, 3.05) is 6.61 Å². The molecule has 18 heavy (non-hydrogen) atoms. The van der Waals surface area contributed by atoms with Crippen LogP contribution in [0, 0.1) is 22.5 Å². The molecule has 0 saturated carbocycles. The van der Waals surface area contributed by atoms with Gasteiger partial charge in [-0.3, -0.25) is 10.1 Å². The number of halogens is 1. The second-order valence-electron chi connectivity index (χ2n) is 3.13. The molecule has 0 bridgehead atoms. The van der Waals surface area contributed by atoms with Gasteiger partial charge < -0.3 is 4.74 Å². The molecule has 0 aliphatic carbocycles. The third kappa shape index (κ3) is 3.61. The predicted octanol–water partition coefficient (Wildman–Crippen LogP) is 1.92. The van der Waals surface area contributed by atoms with Gasteiger partial charge in [-0.25, -0.2) is 8.42 Å². The summed E-state index contributed by atoms with van der Waals surface area (Å²) in [5, 5.41) is 10.6. The highest BCUT2D eigenvalue weighted by molar-refractivity contribution is 8.13. The Kier molecular flexibility index (Phi) is 4.53. The number of nitrogens with zero attached hydrogens (tertiary/aromatic N) is 1. The number of terminal acetylenes is 1. The van der Waals surface area contributed by atoms with E-state index in [2.05, 4.69) is 5.92 Å². The van der Waals surface area contributed by atoms with Crippen LogP contribution in [-0.2, 0) is 9.05 Å². The van der Waals surface area contributed by atoms with Gasteiger partial charge in [0.15, 0.2) is 0 Å². The number of nitro benzene ring substituents is 1. The molecule has 0 unspecified atom stereocenters. The van der Waals surface area contributed by atoms with E-state index in [0.717, 1.165) is 12.1 Å². The molecule has 0 aromatic heterocycles. The van der Waals surface area contributed by atoms with E-state index in [1.807, 2.05) is 0 Å². The zero-order chi connectivity index (χ0) is 13.8. The van der Waals surface area contributed by atoms with E-state index in [1.54, 1.807) is 0 Å². The van der Waals surface area contributed by atoms with Crippen LogP contribution >= 0.6 is 10.7 Å². The molecule has 8 heteroatoms. The average molecular weight is 290 g/mol. The third-order valence-corrected chi connectivity index (χ3v) is 3.25. The summed E-state index contributed by atoms with van der Waals surface area (Å²) in [6.07, 6.45) is 5.29. The van der Waals surface area contributed by atoms with E-state index in [0.29, 0.717) is 0 Å². The van der Waals surface area contributed by atoms with Gasteiger partial charge in [-0.2, -0.15) is 0 Å². The summed E-state index contributed by atoms with van der Waals surface area (Å²) >= 11 is 0. The second kappa shape index (κ2) is 5.71. The second-order valence-corrected chi connectivity index (χ2v) is 5.66. The van der Waals surface area contributed by atoms with Crippen LogP contribution in [0.2, 0.25) is 0 Å². The topological polar surface area (TPSA) is 86.5 Å². The normalized spacial score (nSPS) is 10.7. The highest BCUT2D eigenvalue weighted by Gasteiger charge is 2.21. The van der Waals surface area contributed by atoms with Crippen LogP contribution in [0.3, 0.4) is 0 Å². The smallest absolute Gasteiger partial charge is 0.271 e. The monoisotopic (exact) mass is 289 g/mol. The molecule has 0 spiro atoms. The van der Waals surface area contributed by atoms with E-state index in [-0.39, 0.29) is 18.8 Å². The fourth-order valence-electron chi connectivity index (χ4n) is 1.14. The summed E-state index contributed by atoms with van der Waals surface area (Å²) in [7, 11) is 1.05. The largest absolute Gasteiger partial charge is 0.491 e. The van der Waals surface area contributed by atoms with Crippen LogP contribution < -0.4 is 4.74 Å².